The van der Waals surface area contributed by atoms with E-state index in [0.717, 1.165) is 8.09 Å². The number of halogens is 1. The first-order valence-corrected chi connectivity index (χ1v) is 8.03. The molecule has 0 aliphatic rings. The summed E-state index contributed by atoms with van der Waals surface area (Å²) < 4.78 is 24.8. The van der Waals surface area contributed by atoms with Gasteiger partial charge in [-0.2, -0.15) is 0 Å². The van der Waals surface area contributed by atoms with E-state index < -0.39 is 10.0 Å². The third-order valence-electron chi connectivity index (χ3n) is 2.03. The maximum atomic E-state index is 11.6. The topological polar surface area (TPSA) is 66.5 Å². The molecule has 96 valence electrons. The van der Waals surface area contributed by atoms with Crippen molar-refractivity contribution in [3.63, 3.8) is 0 Å². The van der Waals surface area contributed by atoms with Crippen LogP contribution in [0, 0.1) is 0 Å². The fourth-order valence-electron chi connectivity index (χ4n) is 1.01. The van der Waals surface area contributed by atoms with Crippen molar-refractivity contribution in [1.82, 2.24) is 9.62 Å². The first-order chi connectivity index (χ1) is 7.83. The molecule has 0 aliphatic heterocycles. The summed E-state index contributed by atoms with van der Waals surface area (Å²) in [6, 6.07) is 1.69. The number of thiophene rings is 1. The van der Waals surface area contributed by atoms with Gasteiger partial charge in [-0.1, -0.05) is 0 Å². The Kier molecular flexibility index (Phi) is 5.11. The van der Waals surface area contributed by atoms with Gasteiger partial charge in [0.2, 0.25) is 10.0 Å². The van der Waals surface area contributed by atoms with Crippen LogP contribution in [0.25, 0.3) is 0 Å². The number of carbonyl (C=O) groups excluding carboxylic acids is 1. The fourth-order valence-corrected chi connectivity index (χ4v) is 2.87. The molecule has 0 aromatic carbocycles. The molecule has 5 nitrogen and oxygen atoms in total. The number of nitrogens with one attached hydrogen (secondary N) is 1. The second kappa shape index (κ2) is 5.94. The molecule has 0 radical (unpaired) electrons. The van der Waals surface area contributed by atoms with Crippen LogP contribution < -0.4 is 5.32 Å². The lowest BCUT2D eigenvalue weighted by Crippen LogP contribution is -2.33. The highest BCUT2D eigenvalue weighted by atomic mass is 79.9. The minimum Gasteiger partial charge on any atom is -0.351 e. The van der Waals surface area contributed by atoms with Gasteiger partial charge in [-0.3, -0.25) is 4.79 Å². The standard InChI is InChI=1S/C9H13BrN2O3S2/c1-12(2)17(14,15)4-3-11-9(13)7-5-8(10)16-6-7/h5-6H,3-4H2,1-2H3,(H,11,13). The lowest BCUT2D eigenvalue weighted by Gasteiger charge is -2.11. The Morgan fingerprint density at radius 2 is 2.18 bits per heavy atom. The van der Waals surface area contributed by atoms with E-state index in [9.17, 15) is 13.2 Å². The monoisotopic (exact) mass is 340 g/mol. The lowest BCUT2D eigenvalue weighted by atomic mass is 10.3. The molecule has 1 aromatic heterocycles. The molecule has 1 aromatic rings. The Morgan fingerprint density at radius 3 is 2.65 bits per heavy atom. The molecule has 1 N–H and O–H groups in total. The molecule has 1 heterocycles. The number of amides is 1. The van der Waals surface area contributed by atoms with Crippen molar-refractivity contribution in [2.75, 3.05) is 26.4 Å². The number of hydrogen-bond acceptors (Lipinski definition) is 4. The van der Waals surface area contributed by atoms with Gasteiger partial charge < -0.3 is 5.32 Å². The minimum absolute atomic E-state index is 0.100. The van der Waals surface area contributed by atoms with Crippen LogP contribution in [0.15, 0.2) is 15.2 Å². The summed E-state index contributed by atoms with van der Waals surface area (Å²) in [6.45, 7) is 0.104. The first kappa shape index (κ1) is 14.6. The van der Waals surface area contributed by atoms with Crippen LogP contribution in [0.1, 0.15) is 10.4 Å². The summed E-state index contributed by atoms with van der Waals surface area (Å²) in [4.78, 5) is 11.6. The van der Waals surface area contributed by atoms with Crippen LogP contribution in [0.3, 0.4) is 0 Å². The summed E-state index contributed by atoms with van der Waals surface area (Å²) in [5.74, 6) is -0.363. The largest absolute Gasteiger partial charge is 0.351 e. The molecule has 0 atom stereocenters. The number of hydrogen-bond donors (Lipinski definition) is 1. The molecule has 0 fully saturated rings. The third kappa shape index (κ3) is 4.38. The van der Waals surface area contributed by atoms with Crippen LogP contribution in [-0.2, 0) is 10.0 Å². The van der Waals surface area contributed by atoms with Gasteiger partial charge in [-0.15, -0.1) is 11.3 Å². The molecule has 0 spiro atoms. The van der Waals surface area contributed by atoms with E-state index in [1.165, 1.54) is 25.4 Å². The molecule has 0 bridgehead atoms. The van der Waals surface area contributed by atoms with Gasteiger partial charge in [-0.25, -0.2) is 12.7 Å². The van der Waals surface area contributed by atoms with E-state index in [0.29, 0.717) is 5.56 Å². The lowest BCUT2D eigenvalue weighted by molar-refractivity contribution is 0.0956. The van der Waals surface area contributed by atoms with Gasteiger partial charge in [0.25, 0.3) is 5.91 Å². The van der Waals surface area contributed by atoms with Crippen molar-refractivity contribution in [2.45, 2.75) is 0 Å². The third-order valence-corrected chi connectivity index (χ3v) is 5.37. The molecule has 1 amide bonds. The molecule has 0 aliphatic carbocycles. The predicted molar refractivity (Wildman–Crippen MR) is 71.8 cm³/mol. The molecular formula is C9H13BrN2O3S2. The van der Waals surface area contributed by atoms with Crippen LogP contribution in [0.2, 0.25) is 0 Å². The Hall–Kier alpha value is -0.440. The van der Waals surface area contributed by atoms with Gasteiger partial charge in [0.05, 0.1) is 15.1 Å². The average molecular weight is 341 g/mol. The van der Waals surface area contributed by atoms with Crippen molar-refractivity contribution in [1.29, 1.82) is 0 Å². The maximum Gasteiger partial charge on any atom is 0.252 e. The molecule has 17 heavy (non-hydrogen) atoms. The smallest absolute Gasteiger partial charge is 0.252 e. The zero-order valence-electron chi connectivity index (χ0n) is 9.44. The summed E-state index contributed by atoms with van der Waals surface area (Å²) in [7, 11) is -0.328. The highest BCUT2D eigenvalue weighted by molar-refractivity contribution is 9.11. The molecule has 0 saturated carbocycles. The number of sulfonamides is 1. The predicted octanol–water partition coefficient (Wildman–Crippen LogP) is 1.13. The van der Waals surface area contributed by atoms with Gasteiger partial charge >= 0.3 is 0 Å². The van der Waals surface area contributed by atoms with Gasteiger partial charge in [-0.05, 0) is 22.0 Å². The Morgan fingerprint density at radius 1 is 1.53 bits per heavy atom. The molecule has 8 heteroatoms. The second-order valence-electron chi connectivity index (χ2n) is 3.49. The van der Waals surface area contributed by atoms with Gasteiger partial charge in [0.1, 0.15) is 0 Å². The van der Waals surface area contributed by atoms with Gasteiger partial charge in [0, 0.05) is 26.0 Å². The summed E-state index contributed by atoms with van der Waals surface area (Å²) in [5.41, 5.74) is 0.532. The van der Waals surface area contributed by atoms with E-state index in [1.807, 2.05) is 0 Å². The van der Waals surface area contributed by atoms with Crippen LogP contribution in [0.5, 0.6) is 0 Å². The Balaban J connectivity index is 2.45. The fraction of sp³-hybridized carbons (Fsp3) is 0.444. The highest BCUT2D eigenvalue weighted by Gasteiger charge is 2.14. The van der Waals surface area contributed by atoms with Crippen LogP contribution in [-0.4, -0.2) is 45.0 Å². The zero-order chi connectivity index (χ0) is 13.1. The highest BCUT2D eigenvalue weighted by Crippen LogP contribution is 2.20. The second-order valence-corrected chi connectivity index (χ2v) is 8.09. The zero-order valence-corrected chi connectivity index (χ0v) is 12.7. The first-order valence-electron chi connectivity index (χ1n) is 4.75. The SMILES string of the molecule is CN(C)S(=O)(=O)CCNC(=O)c1csc(Br)c1. The van der Waals surface area contributed by atoms with Gasteiger partial charge in [0.15, 0.2) is 0 Å². The van der Waals surface area contributed by atoms with Crippen molar-refractivity contribution >= 4 is 43.2 Å². The molecule has 0 unspecified atom stereocenters. The van der Waals surface area contributed by atoms with E-state index in [4.69, 9.17) is 0 Å². The molecule has 1 rings (SSSR count). The van der Waals surface area contributed by atoms with E-state index in [2.05, 4.69) is 21.2 Å². The van der Waals surface area contributed by atoms with E-state index >= 15 is 0 Å². The van der Waals surface area contributed by atoms with Crippen molar-refractivity contribution < 1.29 is 13.2 Å². The maximum absolute atomic E-state index is 11.6. The summed E-state index contributed by atoms with van der Waals surface area (Å²) >= 11 is 4.66. The van der Waals surface area contributed by atoms with Crippen molar-refractivity contribution in [3.05, 3.63) is 20.8 Å². The number of rotatable bonds is 5. The molecule has 0 saturated heterocycles. The van der Waals surface area contributed by atoms with Crippen LogP contribution in [0.4, 0.5) is 0 Å². The minimum atomic E-state index is -3.26. The number of nitrogens with zero attached hydrogens (tertiary/aromatic N) is 1. The Labute approximate surface area is 113 Å². The van der Waals surface area contributed by atoms with Crippen molar-refractivity contribution in [2.24, 2.45) is 0 Å². The average Bonchev–Trinajstić information content (AvgIpc) is 2.64. The number of carbonyl (C=O) groups is 1. The molecular weight excluding hydrogens is 328 g/mol. The van der Waals surface area contributed by atoms with E-state index in [-0.39, 0.29) is 18.2 Å². The normalized spacial score (nSPS) is 11.8. The Bertz CT molecular complexity index is 496. The van der Waals surface area contributed by atoms with Crippen molar-refractivity contribution in [3.8, 4) is 0 Å². The summed E-state index contributed by atoms with van der Waals surface area (Å²) in [5, 5.41) is 4.27. The quantitative estimate of drug-likeness (QED) is 0.873. The van der Waals surface area contributed by atoms with E-state index in [1.54, 1.807) is 11.4 Å². The summed E-state index contributed by atoms with van der Waals surface area (Å²) in [6.07, 6.45) is 0. The van der Waals surface area contributed by atoms with Crippen LogP contribution >= 0.6 is 27.3 Å².